The number of H-pyrrole nitrogens is 1. The van der Waals surface area contributed by atoms with Gasteiger partial charge in [0.2, 0.25) is 5.91 Å². The van der Waals surface area contributed by atoms with Gasteiger partial charge in [0.05, 0.1) is 5.69 Å². The maximum absolute atomic E-state index is 12.2. The molecule has 1 amide bonds. The number of primary amides is 1. The van der Waals surface area contributed by atoms with Crippen LogP contribution in [-0.2, 0) is 0 Å². The van der Waals surface area contributed by atoms with E-state index in [0.717, 1.165) is 22.1 Å². The smallest absolute Gasteiger partial charge is 0.257 e. The molecule has 0 radical (unpaired) electrons. The minimum atomic E-state index is -0.468. The number of fused-ring (bicyclic) bond motifs is 3. The molecule has 0 fully saturated rings. The molecule has 0 saturated carbocycles. The zero-order chi connectivity index (χ0) is 17.4. The molecular formula is C19H14N4O2. The second kappa shape index (κ2) is 5.76. The molecule has 122 valence electrons. The van der Waals surface area contributed by atoms with Gasteiger partial charge in [0.1, 0.15) is 5.65 Å². The molecule has 0 aliphatic rings. The van der Waals surface area contributed by atoms with Crippen LogP contribution < -0.4 is 16.6 Å². The molecule has 0 atom stereocenters. The van der Waals surface area contributed by atoms with Crippen LogP contribution in [0.4, 0.5) is 11.4 Å². The zero-order valence-electron chi connectivity index (χ0n) is 13.1. The molecule has 0 spiro atoms. The minimum absolute atomic E-state index is 0.168. The number of aromatic nitrogens is 2. The lowest BCUT2D eigenvalue weighted by Gasteiger charge is -2.11. The highest BCUT2D eigenvalue weighted by Gasteiger charge is 2.10. The average molecular weight is 330 g/mol. The van der Waals surface area contributed by atoms with Gasteiger partial charge in [-0.2, -0.15) is 0 Å². The lowest BCUT2D eigenvalue weighted by Crippen LogP contribution is -2.10. The first-order valence-corrected chi connectivity index (χ1v) is 7.70. The first-order chi connectivity index (χ1) is 12.1. The third-order valence-corrected chi connectivity index (χ3v) is 4.07. The van der Waals surface area contributed by atoms with E-state index in [1.165, 1.54) is 0 Å². The van der Waals surface area contributed by atoms with Crippen LogP contribution in [-0.4, -0.2) is 15.9 Å². The van der Waals surface area contributed by atoms with Crippen molar-refractivity contribution in [3.63, 3.8) is 0 Å². The van der Waals surface area contributed by atoms with Crippen molar-refractivity contribution in [1.29, 1.82) is 0 Å². The second-order valence-electron chi connectivity index (χ2n) is 5.65. The van der Waals surface area contributed by atoms with Crippen molar-refractivity contribution in [3.8, 4) is 0 Å². The van der Waals surface area contributed by atoms with Crippen molar-refractivity contribution in [1.82, 2.24) is 9.97 Å². The molecule has 0 aliphatic carbocycles. The summed E-state index contributed by atoms with van der Waals surface area (Å²) in [4.78, 5) is 30.5. The Morgan fingerprint density at radius 1 is 1.00 bits per heavy atom. The van der Waals surface area contributed by atoms with E-state index in [-0.39, 0.29) is 5.56 Å². The summed E-state index contributed by atoms with van der Waals surface area (Å²) in [5.74, 6) is -0.468. The van der Waals surface area contributed by atoms with Gasteiger partial charge in [-0.3, -0.25) is 9.59 Å². The first kappa shape index (κ1) is 14.9. The number of nitrogens with two attached hydrogens (primary N) is 1. The van der Waals surface area contributed by atoms with Crippen molar-refractivity contribution in [2.75, 3.05) is 5.32 Å². The molecule has 0 unspecified atom stereocenters. The molecule has 6 nitrogen and oxygen atoms in total. The van der Waals surface area contributed by atoms with Crippen LogP contribution >= 0.6 is 0 Å². The number of pyridine rings is 2. The summed E-state index contributed by atoms with van der Waals surface area (Å²) in [6, 6.07) is 16.1. The number of benzene rings is 2. The van der Waals surface area contributed by atoms with Crippen LogP contribution in [0.25, 0.3) is 21.8 Å². The van der Waals surface area contributed by atoms with Gasteiger partial charge in [-0.25, -0.2) is 4.98 Å². The number of rotatable bonds is 3. The van der Waals surface area contributed by atoms with E-state index >= 15 is 0 Å². The monoisotopic (exact) mass is 330 g/mol. The van der Waals surface area contributed by atoms with Crippen molar-refractivity contribution in [2.45, 2.75) is 0 Å². The van der Waals surface area contributed by atoms with Crippen molar-refractivity contribution < 1.29 is 4.79 Å². The Morgan fingerprint density at radius 2 is 1.72 bits per heavy atom. The van der Waals surface area contributed by atoms with Crippen LogP contribution in [0.5, 0.6) is 0 Å². The fourth-order valence-electron chi connectivity index (χ4n) is 2.88. The summed E-state index contributed by atoms with van der Waals surface area (Å²) in [5, 5.41) is 5.57. The van der Waals surface area contributed by atoms with Gasteiger partial charge in [-0.1, -0.05) is 18.2 Å². The molecule has 4 N–H and O–H groups in total. The van der Waals surface area contributed by atoms with Crippen molar-refractivity contribution in [3.05, 3.63) is 76.7 Å². The van der Waals surface area contributed by atoms with Crippen molar-refractivity contribution >= 4 is 39.1 Å². The van der Waals surface area contributed by atoms with E-state index < -0.39 is 5.91 Å². The van der Waals surface area contributed by atoms with Crippen LogP contribution in [0.1, 0.15) is 10.4 Å². The Hall–Kier alpha value is -3.67. The zero-order valence-corrected chi connectivity index (χ0v) is 13.1. The number of aromatic amines is 1. The predicted octanol–water partition coefficient (Wildman–Crippen LogP) is 2.92. The molecule has 0 aliphatic heterocycles. The number of amides is 1. The molecule has 0 bridgehead atoms. The number of carbonyl (C=O) groups is 1. The van der Waals surface area contributed by atoms with Gasteiger partial charge in [0.25, 0.3) is 5.56 Å². The maximum Gasteiger partial charge on any atom is 0.257 e. The maximum atomic E-state index is 12.2. The summed E-state index contributed by atoms with van der Waals surface area (Å²) in [6.45, 7) is 0. The number of hydrogen-bond donors (Lipinski definition) is 3. The fraction of sp³-hybridized carbons (Fsp3) is 0. The summed E-state index contributed by atoms with van der Waals surface area (Å²) < 4.78 is 0. The van der Waals surface area contributed by atoms with Gasteiger partial charge in [0, 0.05) is 33.6 Å². The summed E-state index contributed by atoms with van der Waals surface area (Å²) in [6.07, 6.45) is 1.63. The molecule has 2 aromatic heterocycles. The molecule has 4 aromatic rings. The highest BCUT2D eigenvalue weighted by molar-refractivity contribution is 6.10. The van der Waals surface area contributed by atoms with E-state index in [0.29, 0.717) is 16.6 Å². The summed E-state index contributed by atoms with van der Waals surface area (Å²) in [7, 11) is 0. The Labute approximate surface area is 142 Å². The highest BCUT2D eigenvalue weighted by atomic mass is 16.1. The quantitative estimate of drug-likeness (QED) is 0.503. The Bertz CT molecular complexity index is 1160. The van der Waals surface area contributed by atoms with E-state index in [1.807, 2.05) is 24.3 Å². The van der Waals surface area contributed by atoms with Gasteiger partial charge in [-0.05, 0) is 36.4 Å². The molecule has 2 aromatic carbocycles. The largest absolute Gasteiger partial charge is 0.366 e. The third kappa shape index (κ3) is 2.59. The van der Waals surface area contributed by atoms with Crippen LogP contribution in [0.3, 0.4) is 0 Å². The van der Waals surface area contributed by atoms with Gasteiger partial charge >= 0.3 is 0 Å². The SMILES string of the molecule is NC(=O)c1ccc(Nc2ccnc3[nH]c(=O)c4ccccc4c23)cc1. The minimum Gasteiger partial charge on any atom is -0.366 e. The number of nitrogens with zero attached hydrogens (tertiary/aromatic N) is 1. The lowest BCUT2D eigenvalue weighted by atomic mass is 10.1. The Kier molecular flexibility index (Phi) is 3.43. The summed E-state index contributed by atoms with van der Waals surface area (Å²) in [5.41, 5.74) is 7.67. The van der Waals surface area contributed by atoms with Crippen LogP contribution in [0.2, 0.25) is 0 Å². The lowest BCUT2D eigenvalue weighted by molar-refractivity contribution is 0.100. The van der Waals surface area contributed by atoms with Crippen LogP contribution in [0.15, 0.2) is 65.6 Å². The second-order valence-corrected chi connectivity index (χ2v) is 5.65. The van der Waals surface area contributed by atoms with E-state index in [1.54, 1.807) is 36.5 Å². The summed E-state index contributed by atoms with van der Waals surface area (Å²) >= 11 is 0. The highest BCUT2D eigenvalue weighted by Crippen LogP contribution is 2.29. The van der Waals surface area contributed by atoms with Crippen LogP contribution in [0, 0.1) is 0 Å². The van der Waals surface area contributed by atoms with Gasteiger partial charge in [0.15, 0.2) is 0 Å². The molecule has 4 rings (SSSR count). The first-order valence-electron chi connectivity index (χ1n) is 7.70. The molecule has 6 heteroatoms. The number of anilines is 2. The number of nitrogens with one attached hydrogen (secondary N) is 2. The molecule has 2 heterocycles. The van der Waals surface area contributed by atoms with Gasteiger partial charge < -0.3 is 16.0 Å². The van der Waals surface area contributed by atoms with E-state index in [9.17, 15) is 9.59 Å². The topological polar surface area (TPSA) is 101 Å². The predicted molar refractivity (Wildman–Crippen MR) is 98.1 cm³/mol. The Morgan fingerprint density at radius 3 is 2.44 bits per heavy atom. The number of carbonyl (C=O) groups excluding carboxylic acids is 1. The normalized spacial score (nSPS) is 10.9. The molecule has 25 heavy (non-hydrogen) atoms. The van der Waals surface area contributed by atoms with E-state index in [4.69, 9.17) is 5.73 Å². The van der Waals surface area contributed by atoms with Gasteiger partial charge in [-0.15, -0.1) is 0 Å². The third-order valence-electron chi connectivity index (χ3n) is 4.07. The fourth-order valence-corrected chi connectivity index (χ4v) is 2.88. The van der Waals surface area contributed by atoms with E-state index in [2.05, 4.69) is 15.3 Å². The Balaban J connectivity index is 1.88. The molecule has 0 saturated heterocycles. The van der Waals surface area contributed by atoms with Crippen molar-refractivity contribution in [2.24, 2.45) is 5.73 Å². The standard InChI is InChI=1S/C19H14N4O2/c20-17(24)11-5-7-12(8-6-11)22-15-9-10-21-18-16(15)13-3-1-2-4-14(13)19(25)23-18/h1-10H,(H2,20,24)(H2,21,22,23,25). The molecular weight excluding hydrogens is 316 g/mol. The average Bonchev–Trinajstić information content (AvgIpc) is 2.62. The number of hydrogen-bond acceptors (Lipinski definition) is 4.